The first-order chi connectivity index (χ1) is 9.65. The highest BCUT2D eigenvalue weighted by Gasteiger charge is 2.38. The Hall–Kier alpha value is -0.730. The monoisotopic (exact) mass is 320 g/mol. The molecule has 4 N–H and O–H groups in total. The summed E-state index contributed by atoms with van der Waals surface area (Å²) in [7, 11) is -1.65. The lowest BCUT2D eigenvalue weighted by atomic mass is 10.2. The molecule has 1 fully saturated rings. The minimum absolute atomic E-state index is 0.0497. The van der Waals surface area contributed by atoms with E-state index in [1.807, 2.05) is 4.90 Å². The van der Waals surface area contributed by atoms with E-state index >= 15 is 0 Å². The zero-order valence-corrected chi connectivity index (χ0v) is 12.5. The summed E-state index contributed by atoms with van der Waals surface area (Å²) in [5, 5.41) is 8.94. The first kappa shape index (κ1) is 14.2. The molecule has 0 spiro atoms. The summed E-state index contributed by atoms with van der Waals surface area (Å²) in [5.41, 5.74) is 0.564. The fraction of sp³-hybridized carbons (Fsp3) is 0.700. The summed E-state index contributed by atoms with van der Waals surface area (Å²) < 4.78 is 11.0. The SMILES string of the molecule is O=C1NCNC2=C1NCN2C1CC[C@@H](COP(O)S)O1. The lowest BCUT2D eigenvalue weighted by molar-refractivity contribution is -0.118. The first-order valence-corrected chi connectivity index (χ1v) is 8.75. The highest BCUT2D eigenvalue weighted by molar-refractivity contribution is 8.41. The normalized spacial score (nSPS) is 30.7. The van der Waals surface area contributed by atoms with Gasteiger partial charge in [0.15, 0.2) is 0 Å². The van der Waals surface area contributed by atoms with Crippen LogP contribution in [0.2, 0.25) is 0 Å². The van der Waals surface area contributed by atoms with Gasteiger partial charge in [0.05, 0.1) is 26.0 Å². The van der Waals surface area contributed by atoms with Crippen LogP contribution in [-0.4, -0.2) is 48.0 Å². The molecule has 3 aliphatic heterocycles. The Morgan fingerprint density at radius 1 is 1.45 bits per heavy atom. The van der Waals surface area contributed by atoms with Crippen LogP contribution in [0.15, 0.2) is 11.5 Å². The molecule has 3 heterocycles. The maximum Gasteiger partial charge on any atom is 0.272 e. The van der Waals surface area contributed by atoms with Crippen LogP contribution in [0.1, 0.15) is 12.8 Å². The van der Waals surface area contributed by atoms with E-state index in [4.69, 9.17) is 14.2 Å². The number of hydrogen-bond donors (Lipinski definition) is 5. The molecule has 3 atom stereocenters. The quantitative estimate of drug-likeness (QED) is 0.348. The molecular weight excluding hydrogens is 303 g/mol. The Morgan fingerprint density at radius 2 is 2.30 bits per heavy atom. The highest BCUT2D eigenvalue weighted by atomic mass is 32.7. The van der Waals surface area contributed by atoms with Gasteiger partial charge < -0.3 is 35.0 Å². The van der Waals surface area contributed by atoms with E-state index in [0.717, 1.165) is 18.7 Å². The number of nitrogens with one attached hydrogen (secondary N) is 3. The molecule has 0 aromatic carbocycles. The lowest BCUT2D eigenvalue weighted by Crippen LogP contribution is -2.45. The Morgan fingerprint density at radius 3 is 3.10 bits per heavy atom. The first-order valence-electron chi connectivity index (χ1n) is 6.38. The summed E-state index contributed by atoms with van der Waals surface area (Å²) in [4.78, 5) is 22.7. The zero-order valence-electron chi connectivity index (χ0n) is 10.7. The summed E-state index contributed by atoms with van der Waals surface area (Å²) in [6, 6.07) is 0. The van der Waals surface area contributed by atoms with Crippen molar-refractivity contribution in [2.45, 2.75) is 25.2 Å². The van der Waals surface area contributed by atoms with Gasteiger partial charge in [-0.05, 0) is 12.8 Å². The lowest BCUT2D eigenvalue weighted by Gasteiger charge is -2.29. The van der Waals surface area contributed by atoms with E-state index < -0.39 is 7.58 Å². The molecule has 0 aromatic heterocycles. The Balaban J connectivity index is 1.60. The molecule has 8 nitrogen and oxygen atoms in total. The molecule has 112 valence electrons. The van der Waals surface area contributed by atoms with Gasteiger partial charge >= 0.3 is 0 Å². The third-order valence-corrected chi connectivity index (χ3v) is 4.22. The molecule has 0 saturated carbocycles. The molecule has 0 aromatic rings. The van der Waals surface area contributed by atoms with Gasteiger partial charge in [-0.1, -0.05) is 12.2 Å². The van der Waals surface area contributed by atoms with Crippen LogP contribution in [-0.2, 0) is 14.1 Å². The van der Waals surface area contributed by atoms with Crippen LogP contribution in [0.4, 0.5) is 0 Å². The maximum absolute atomic E-state index is 11.7. The van der Waals surface area contributed by atoms with Crippen molar-refractivity contribution in [3.8, 4) is 0 Å². The number of carbonyl (C=O) groups excluding carboxylic acids is 1. The van der Waals surface area contributed by atoms with Crippen molar-refractivity contribution in [3.63, 3.8) is 0 Å². The minimum Gasteiger partial charge on any atom is -0.360 e. The Bertz CT molecular complexity index is 435. The van der Waals surface area contributed by atoms with Gasteiger partial charge in [0, 0.05) is 0 Å². The van der Waals surface area contributed by atoms with E-state index in [1.165, 1.54) is 0 Å². The van der Waals surface area contributed by atoms with Gasteiger partial charge in [-0.2, -0.15) is 0 Å². The topological polar surface area (TPSA) is 95.1 Å². The minimum atomic E-state index is -1.65. The maximum atomic E-state index is 11.7. The standard InChI is InChI=1S/C10H17N4O4PS/c15-10-8-9(11-4-12-10)14(5-13-8)7-2-1-6(18-7)3-17-19(16)20/h6-7,11,13,16,20H,1-5H2,(H,12,15)/t6-,7?,19?/m0/s1. The fourth-order valence-electron chi connectivity index (χ4n) is 2.58. The van der Waals surface area contributed by atoms with Crippen LogP contribution < -0.4 is 16.0 Å². The second kappa shape index (κ2) is 5.95. The predicted octanol–water partition coefficient (Wildman–Crippen LogP) is -0.634. The second-order valence-electron chi connectivity index (χ2n) is 4.73. The molecule has 1 amide bonds. The fourth-order valence-corrected chi connectivity index (χ4v) is 3.08. The zero-order chi connectivity index (χ0) is 14.1. The smallest absolute Gasteiger partial charge is 0.272 e. The molecular formula is C10H17N4O4PS. The van der Waals surface area contributed by atoms with E-state index in [0.29, 0.717) is 25.6 Å². The molecule has 10 heteroatoms. The van der Waals surface area contributed by atoms with Gasteiger partial charge in [0.25, 0.3) is 5.91 Å². The van der Waals surface area contributed by atoms with Crippen LogP contribution in [0.5, 0.6) is 0 Å². The number of nitrogens with zero attached hydrogens (tertiary/aromatic N) is 1. The molecule has 0 bridgehead atoms. The molecule has 2 unspecified atom stereocenters. The van der Waals surface area contributed by atoms with Gasteiger partial charge in [-0.25, -0.2) is 0 Å². The van der Waals surface area contributed by atoms with E-state index in [9.17, 15) is 4.79 Å². The van der Waals surface area contributed by atoms with E-state index in [-0.39, 0.29) is 18.2 Å². The average Bonchev–Trinajstić information content (AvgIpc) is 3.02. The van der Waals surface area contributed by atoms with Crippen molar-refractivity contribution in [2.24, 2.45) is 0 Å². The average molecular weight is 320 g/mol. The van der Waals surface area contributed by atoms with Crippen LogP contribution >= 0.6 is 19.8 Å². The van der Waals surface area contributed by atoms with Gasteiger partial charge in [-0.15, -0.1) is 0 Å². The van der Waals surface area contributed by atoms with Gasteiger partial charge in [-0.3, -0.25) is 4.79 Å². The summed E-state index contributed by atoms with van der Waals surface area (Å²) in [6.07, 6.45) is 1.57. The summed E-state index contributed by atoms with van der Waals surface area (Å²) in [6.45, 7) is 1.30. The molecule has 0 aliphatic carbocycles. The third-order valence-electron chi connectivity index (χ3n) is 3.49. The molecule has 20 heavy (non-hydrogen) atoms. The number of carbonyl (C=O) groups is 1. The molecule has 3 rings (SSSR count). The van der Waals surface area contributed by atoms with Crippen LogP contribution in [0.25, 0.3) is 0 Å². The Labute approximate surface area is 122 Å². The van der Waals surface area contributed by atoms with Crippen LogP contribution in [0.3, 0.4) is 0 Å². The van der Waals surface area contributed by atoms with Gasteiger partial charge in [0.2, 0.25) is 7.58 Å². The molecule has 3 aliphatic rings. The van der Waals surface area contributed by atoms with Gasteiger partial charge in [0.1, 0.15) is 17.7 Å². The third kappa shape index (κ3) is 2.82. The van der Waals surface area contributed by atoms with E-state index in [1.54, 1.807) is 0 Å². The van der Waals surface area contributed by atoms with Crippen molar-refractivity contribution < 1.29 is 18.9 Å². The number of ether oxygens (including phenoxy) is 1. The molecule has 1 saturated heterocycles. The number of rotatable bonds is 4. The van der Waals surface area contributed by atoms with Crippen molar-refractivity contribution in [2.75, 3.05) is 19.9 Å². The van der Waals surface area contributed by atoms with Crippen molar-refractivity contribution in [1.29, 1.82) is 0 Å². The summed E-state index contributed by atoms with van der Waals surface area (Å²) in [5.74, 6) is 0.694. The number of hydrogen-bond acceptors (Lipinski definition) is 8. The highest BCUT2D eigenvalue weighted by Crippen LogP contribution is 2.37. The van der Waals surface area contributed by atoms with E-state index in [2.05, 4.69) is 28.2 Å². The largest absolute Gasteiger partial charge is 0.360 e. The van der Waals surface area contributed by atoms with Crippen molar-refractivity contribution >= 4 is 25.7 Å². The van der Waals surface area contributed by atoms with Crippen LogP contribution in [0, 0.1) is 0 Å². The Kier molecular flexibility index (Phi) is 4.23. The second-order valence-corrected chi connectivity index (χ2v) is 6.52. The van der Waals surface area contributed by atoms with Crippen molar-refractivity contribution in [3.05, 3.63) is 11.5 Å². The molecule has 0 radical (unpaired) electrons. The number of amides is 1. The van der Waals surface area contributed by atoms with Crippen molar-refractivity contribution in [1.82, 2.24) is 20.9 Å². The summed E-state index contributed by atoms with van der Waals surface area (Å²) >= 11 is 3.81. The number of thiol groups is 1. The predicted molar refractivity (Wildman–Crippen MR) is 75.0 cm³/mol.